The molecule has 7 heteroatoms. The maximum atomic E-state index is 12.5. The van der Waals surface area contributed by atoms with E-state index in [1.165, 1.54) is 0 Å². The van der Waals surface area contributed by atoms with Gasteiger partial charge in [0.05, 0.1) is 18.7 Å². The summed E-state index contributed by atoms with van der Waals surface area (Å²) in [5, 5.41) is 12.8. The third kappa shape index (κ3) is 2.24. The van der Waals surface area contributed by atoms with Crippen LogP contribution in [0.2, 0.25) is 0 Å². The van der Waals surface area contributed by atoms with Gasteiger partial charge in [-0.05, 0) is 18.6 Å². The van der Waals surface area contributed by atoms with Crippen molar-refractivity contribution in [3.63, 3.8) is 0 Å². The molecule has 0 bridgehead atoms. The lowest BCUT2D eigenvalue weighted by Crippen LogP contribution is -2.30. The molecule has 0 saturated carbocycles. The molecular formula is C15H15N5O2. The number of likely N-dealkylation sites (tertiary alicyclic amines) is 1. The highest BCUT2D eigenvalue weighted by atomic mass is 16.5. The molecule has 3 heterocycles. The highest BCUT2D eigenvalue weighted by Crippen LogP contribution is 2.23. The third-order valence-corrected chi connectivity index (χ3v) is 4.10. The van der Waals surface area contributed by atoms with E-state index in [2.05, 4.69) is 15.5 Å². The quantitative estimate of drug-likeness (QED) is 0.731. The van der Waals surface area contributed by atoms with Crippen LogP contribution in [0.15, 0.2) is 41.2 Å². The van der Waals surface area contributed by atoms with Crippen LogP contribution in [-0.2, 0) is 11.2 Å². The Hall–Kier alpha value is -2.70. The molecule has 1 fully saturated rings. The fourth-order valence-electron chi connectivity index (χ4n) is 2.92. The first-order chi connectivity index (χ1) is 10.8. The lowest BCUT2D eigenvalue weighted by Gasteiger charge is -2.15. The van der Waals surface area contributed by atoms with E-state index in [9.17, 15) is 4.79 Å². The molecule has 1 amide bonds. The zero-order valence-corrected chi connectivity index (χ0v) is 11.9. The van der Waals surface area contributed by atoms with E-state index < -0.39 is 0 Å². The maximum absolute atomic E-state index is 12.5. The lowest BCUT2D eigenvalue weighted by atomic mass is 10.1. The summed E-state index contributed by atoms with van der Waals surface area (Å²) in [5.74, 6) is 0.0710. The van der Waals surface area contributed by atoms with Crippen LogP contribution in [0.5, 0.6) is 0 Å². The molecule has 1 saturated heterocycles. The summed E-state index contributed by atoms with van der Waals surface area (Å²) >= 11 is 0. The van der Waals surface area contributed by atoms with Crippen LogP contribution < -0.4 is 0 Å². The van der Waals surface area contributed by atoms with E-state index >= 15 is 0 Å². The van der Waals surface area contributed by atoms with Crippen LogP contribution in [0.3, 0.4) is 0 Å². The summed E-state index contributed by atoms with van der Waals surface area (Å²) in [6, 6.07) is 7.80. The van der Waals surface area contributed by atoms with Crippen molar-refractivity contribution < 1.29 is 9.32 Å². The Morgan fingerprint density at radius 3 is 3.14 bits per heavy atom. The van der Waals surface area contributed by atoms with Crippen LogP contribution in [0.4, 0.5) is 0 Å². The molecule has 7 nitrogen and oxygen atoms in total. The summed E-state index contributed by atoms with van der Waals surface area (Å²) in [4.78, 5) is 14.3. The molecule has 0 spiro atoms. The molecule has 112 valence electrons. The summed E-state index contributed by atoms with van der Waals surface area (Å²) in [6.07, 6.45) is 4.66. The zero-order valence-electron chi connectivity index (χ0n) is 11.9. The Bertz CT molecular complexity index is 795. The Labute approximate surface area is 126 Å². The van der Waals surface area contributed by atoms with Crippen molar-refractivity contribution in [3.8, 4) is 0 Å². The van der Waals surface area contributed by atoms with Gasteiger partial charge in [-0.3, -0.25) is 4.79 Å². The van der Waals surface area contributed by atoms with Crippen molar-refractivity contribution in [1.29, 1.82) is 0 Å². The number of carbonyl (C=O) groups excluding carboxylic acids is 1. The number of fused-ring (bicyclic) bond motifs is 1. The smallest absolute Gasteiger partial charge is 0.228 e. The van der Waals surface area contributed by atoms with Crippen molar-refractivity contribution in [2.75, 3.05) is 13.1 Å². The highest BCUT2D eigenvalue weighted by Gasteiger charge is 2.28. The maximum Gasteiger partial charge on any atom is 0.228 e. The minimum absolute atomic E-state index is 0.0710. The fraction of sp³-hybridized carbons (Fsp3) is 0.333. The predicted molar refractivity (Wildman–Crippen MR) is 78.0 cm³/mol. The number of hydrogen-bond donors (Lipinski definition) is 0. The van der Waals surface area contributed by atoms with Gasteiger partial charge in [0, 0.05) is 24.7 Å². The molecule has 0 radical (unpaired) electrons. The Balaban J connectivity index is 1.47. The van der Waals surface area contributed by atoms with Gasteiger partial charge in [-0.15, -0.1) is 5.10 Å². The van der Waals surface area contributed by atoms with Crippen molar-refractivity contribution in [2.24, 2.45) is 0 Å². The molecule has 1 unspecified atom stereocenters. The molecule has 3 aromatic rings. The summed E-state index contributed by atoms with van der Waals surface area (Å²) in [7, 11) is 0. The molecule has 1 aliphatic rings. The average Bonchev–Trinajstić information content (AvgIpc) is 3.28. The van der Waals surface area contributed by atoms with E-state index in [-0.39, 0.29) is 18.4 Å². The molecule has 1 aromatic carbocycles. The van der Waals surface area contributed by atoms with E-state index in [0.29, 0.717) is 17.8 Å². The van der Waals surface area contributed by atoms with Crippen molar-refractivity contribution in [1.82, 2.24) is 25.1 Å². The van der Waals surface area contributed by atoms with Gasteiger partial charge in [-0.2, -0.15) is 0 Å². The van der Waals surface area contributed by atoms with Gasteiger partial charge in [-0.25, -0.2) is 4.68 Å². The van der Waals surface area contributed by atoms with Crippen LogP contribution in [0.25, 0.3) is 11.0 Å². The fourth-order valence-corrected chi connectivity index (χ4v) is 2.92. The van der Waals surface area contributed by atoms with Gasteiger partial charge >= 0.3 is 0 Å². The summed E-state index contributed by atoms with van der Waals surface area (Å²) in [6.45, 7) is 1.40. The van der Waals surface area contributed by atoms with Gasteiger partial charge in [0.2, 0.25) is 5.91 Å². The first kappa shape index (κ1) is 13.0. The number of hydrogen-bond acceptors (Lipinski definition) is 5. The SMILES string of the molecule is O=C(Cc1noc2ccccc12)N1CCC(n2ccnn2)C1. The first-order valence-electron chi connectivity index (χ1n) is 7.28. The largest absolute Gasteiger partial charge is 0.356 e. The van der Waals surface area contributed by atoms with Crippen molar-refractivity contribution >= 4 is 16.9 Å². The van der Waals surface area contributed by atoms with Crippen molar-refractivity contribution in [3.05, 3.63) is 42.4 Å². The number of carbonyl (C=O) groups is 1. The van der Waals surface area contributed by atoms with E-state index in [4.69, 9.17) is 4.52 Å². The standard InChI is InChI=1S/C15H15N5O2/c21-15(9-13-12-3-1-2-4-14(12)22-17-13)19-7-5-11(10-19)20-8-6-16-18-20/h1-4,6,8,11H,5,7,9-10H2. The van der Waals surface area contributed by atoms with Crippen LogP contribution in [-0.4, -0.2) is 44.0 Å². The van der Waals surface area contributed by atoms with Gasteiger partial charge in [0.1, 0.15) is 5.69 Å². The number of nitrogens with zero attached hydrogens (tertiary/aromatic N) is 5. The Morgan fingerprint density at radius 2 is 2.27 bits per heavy atom. The van der Waals surface area contributed by atoms with Gasteiger partial charge < -0.3 is 9.42 Å². The number of amides is 1. The van der Waals surface area contributed by atoms with E-state index in [1.54, 1.807) is 6.20 Å². The average molecular weight is 297 g/mol. The van der Waals surface area contributed by atoms with Gasteiger partial charge in [0.25, 0.3) is 0 Å². The monoisotopic (exact) mass is 297 g/mol. The number of aromatic nitrogens is 4. The molecule has 0 N–H and O–H groups in total. The molecule has 2 aromatic heterocycles. The number of para-hydroxylation sites is 1. The Kier molecular flexibility index (Phi) is 3.10. The third-order valence-electron chi connectivity index (χ3n) is 4.10. The second-order valence-electron chi connectivity index (χ2n) is 5.47. The lowest BCUT2D eigenvalue weighted by molar-refractivity contribution is -0.129. The predicted octanol–water partition coefficient (Wildman–Crippen LogP) is 1.44. The molecule has 4 rings (SSSR count). The molecule has 1 atom stereocenters. The van der Waals surface area contributed by atoms with Crippen LogP contribution in [0, 0.1) is 0 Å². The first-order valence-corrected chi connectivity index (χ1v) is 7.28. The molecule has 22 heavy (non-hydrogen) atoms. The molecule has 1 aliphatic heterocycles. The second kappa shape index (κ2) is 5.25. The van der Waals surface area contributed by atoms with Crippen LogP contribution >= 0.6 is 0 Å². The topological polar surface area (TPSA) is 77.0 Å². The van der Waals surface area contributed by atoms with Crippen molar-refractivity contribution in [2.45, 2.75) is 18.9 Å². The molecular weight excluding hydrogens is 282 g/mol. The number of benzene rings is 1. The van der Waals surface area contributed by atoms with Gasteiger partial charge in [-0.1, -0.05) is 22.5 Å². The minimum atomic E-state index is 0.0710. The van der Waals surface area contributed by atoms with Gasteiger partial charge in [0.15, 0.2) is 5.58 Å². The van der Waals surface area contributed by atoms with E-state index in [1.807, 2.05) is 40.0 Å². The Morgan fingerprint density at radius 1 is 1.36 bits per heavy atom. The second-order valence-corrected chi connectivity index (χ2v) is 5.47. The number of rotatable bonds is 3. The summed E-state index contributed by atoms with van der Waals surface area (Å²) in [5.41, 5.74) is 1.41. The highest BCUT2D eigenvalue weighted by molar-refractivity contribution is 5.86. The minimum Gasteiger partial charge on any atom is -0.356 e. The van der Waals surface area contributed by atoms with E-state index in [0.717, 1.165) is 18.4 Å². The normalized spacial score (nSPS) is 18.2. The molecule has 0 aliphatic carbocycles. The zero-order chi connectivity index (χ0) is 14.9. The summed E-state index contributed by atoms with van der Waals surface area (Å²) < 4.78 is 7.07. The van der Waals surface area contributed by atoms with Crippen LogP contribution in [0.1, 0.15) is 18.2 Å².